The smallest absolute Gasteiger partial charge is 0.239 e. The summed E-state index contributed by atoms with van der Waals surface area (Å²) in [6, 6.07) is -0.351. The fraction of sp³-hybridized carbons (Fsp3) is 0.900. The van der Waals surface area contributed by atoms with E-state index in [4.69, 9.17) is 10.8 Å². The van der Waals surface area contributed by atoms with Gasteiger partial charge in [0.1, 0.15) is 0 Å². The molecule has 0 spiro atoms. The van der Waals surface area contributed by atoms with Crippen LogP contribution in [0.4, 0.5) is 0 Å². The second-order valence-corrected chi connectivity index (χ2v) is 4.72. The largest absolute Gasteiger partial charge is 0.395 e. The van der Waals surface area contributed by atoms with Gasteiger partial charge in [0.05, 0.1) is 12.6 Å². The van der Waals surface area contributed by atoms with Crippen molar-refractivity contribution in [2.75, 3.05) is 25.2 Å². The minimum atomic E-state index is -0.439. The number of amides is 1. The molecule has 15 heavy (non-hydrogen) atoms. The van der Waals surface area contributed by atoms with Crippen LogP contribution in [-0.4, -0.2) is 53.2 Å². The van der Waals surface area contributed by atoms with Crippen LogP contribution in [0.25, 0.3) is 0 Å². The van der Waals surface area contributed by atoms with Gasteiger partial charge in [0.25, 0.3) is 0 Å². The molecule has 90 valence electrons. The Morgan fingerprint density at radius 1 is 1.53 bits per heavy atom. The maximum Gasteiger partial charge on any atom is 0.239 e. The van der Waals surface area contributed by atoms with Crippen molar-refractivity contribution in [2.45, 2.75) is 32.4 Å². The van der Waals surface area contributed by atoms with Crippen molar-refractivity contribution in [3.05, 3.63) is 0 Å². The minimum Gasteiger partial charge on any atom is -0.395 e. The lowest BCUT2D eigenvalue weighted by Crippen LogP contribution is -2.48. The highest BCUT2D eigenvalue weighted by Crippen LogP contribution is 2.05. The van der Waals surface area contributed by atoms with Crippen LogP contribution in [0.1, 0.15) is 20.3 Å². The highest BCUT2D eigenvalue weighted by molar-refractivity contribution is 7.98. The first-order valence-electron chi connectivity index (χ1n) is 5.20. The third-order valence-electron chi connectivity index (χ3n) is 2.20. The molecular formula is C10H22N2O2S. The minimum absolute atomic E-state index is 0.0147. The quantitative estimate of drug-likeness (QED) is 0.665. The molecule has 0 heterocycles. The van der Waals surface area contributed by atoms with Crippen LogP contribution in [-0.2, 0) is 4.79 Å². The second-order valence-electron chi connectivity index (χ2n) is 3.74. The number of nitrogens with zero attached hydrogens (tertiary/aromatic N) is 1. The monoisotopic (exact) mass is 234 g/mol. The maximum absolute atomic E-state index is 11.9. The second kappa shape index (κ2) is 7.96. The highest BCUT2D eigenvalue weighted by Gasteiger charge is 2.22. The van der Waals surface area contributed by atoms with Crippen molar-refractivity contribution >= 4 is 17.7 Å². The number of aliphatic hydroxyl groups excluding tert-OH is 1. The van der Waals surface area contributed by atoms with Crippen LogP contribution in [0.15, 0.2) is 0 Å². The number of aliphatic hydroxyl groups is 1. The average molecular weight is 234 g/mol. The van der Waals surface area contributed by atoms with Gasteiger partial charge in [-0.3, -0.25) is 4.79 Å². The molecule has 0 aromatic rings. The zero-order chi connectivity index (χ0) is 11.8. The SMILES string of the molecule is CSCC[C@@H](N)C(=O)N(CCO)C(C)C. The van der Waals surface area contributed by atoms with Gasteiger partial charge < -0.3 is 15.7 Å². The van der Waals surface area contributed by atoms with E-state index in [1.807, 2.05) is 20.1 Å². The summed E-state index contributed by atoms with van der Waals surface area (Å²) < 4.78 is 0. The lowest BCUT2D eigenvalue weighted by Gasteiger charge is -2.28. The van der Waals surface area contributed by atoms with E-state index < -0.39 is 6.04 Å². The van der Waals surface area contributed by atoms with Gasteiger partial charge >= 0.3 is 0 Å². The van der Waals surface area contributed by atoms with Gasteiger partial charge in [-0.25, -0.2) is 0 Å². The van der Waals surface area contributed by atoms with E-state index in [1.54, 1.807) is 16.7 Å². The molecule has 0 aliphatic carbocycles. The fourth-order valence-corrected chi connectivity index (χ4v) is 1.80. The van der Waals surface area contributed by atoms with Crippen LogP contribution in [0, 0.1) is 0 Å². The van der Waals surface area contributed by atoms with Crippen LogP contribution in [0.3, 0.4) is 0 Å². The number of nitrogens with two attached hydrogens (primary N) is 1. The number of rotatable bonds is 7. The summed E-state index contributed by atoms with van der Waals surface area (Å²) in [6.07, 6.45) is 2.68. The topological polar surface area (TPSA) is 66.6 Å². The Balaban J connectivity index is 4.22. The van der Waals surface area contributed by atoms with Gasteiger partial charge in [-0.2, -0.15) is 11.8 Å². The zero-order valence-corrected chi connectivity index (χ0v) is 10.6. The normalized spacial score (nSPS) is 12.9. The van der Waals surface area contributed by atoms with E-state index in [9.17, 15) is 4.79 Å². The lowest BCUT2D eigenvalue weighted by atomic mass is 10.2. The highest BCUT2D eigenvalue weighted by atomic mass is 32.2. The summed E-state index contributed by atoms with van der Waals surface area (Å²) in [5, 5.41) is 8.85. The Morgan fingerprint density at radius 2 is 2.13 bits per heavy atom. The molecule has 0 fully saturated rings. The third-order valence-corrected chi connectivity index (χ3v) is 2.84. The summed E-state index contributed by atoms with van der Waals surface area (Å²) >= 11 is 1.68. The van der Waals surface area contributed by atoms with Crippen molar-refractivity contribution in [3.8, 4) is 0 Å². The Hall–Kier alpha value is -0.260. The van der Waals surface area contributed by atoms with Crippen LogP contribution in [0.2, 0.25) is 0 Å². The Morgan fingerprint density at radius 3 is 2.53 bits per heavy atom. The van der Waals surface area contributed by atoms with Gasteiger partial charge in [0.15, 0.2) is 0 Å². The number of carbonyl (C=O) groups is 1. The van der Waals surface area contributed by atoms with Gasteiger partial charge in [-0.05, 0) is 32.3 Å². The van der Waals surface area contributed by atoms with E-state index in [0.717, 1.165) is 5.75 Å². The third kappa shape index (κ3) is 5.39. The van der Waals surface area contributed by atoms with Crippen LogP contribution in [0.5, 0.6) is 0 Å². The first-order chi connectivity index (χ1) is 7.04. The summed E-state index contributed by atoms with van der Waals surface area (Å²) in [5.41, 5.74) is 5.79. The Bertz CT molecular complexity index is 188. The van der Waals surface area contributed by atoms with E-state index >= 15 is 0 Å². The molecule has 0 aliphatic heterocycles. The molecule has 0 aromatic carbocycles. The zero-order valence-electron chi connectivity index (χ0n) is 9.77. The van der Waals surface area contributed by atoms with Gasteiger partial charge in [-0.1, -0.05) is 0 Å². The van der Waals surface area contributed by atoms with E-state index in [1.165, 1.54) is 0 Å². The fourth-order valence-electron chi connectivity index (χ4n) is 1.31. The molecule has 0 aromatic heterocycles. The van der Waals surface area contributed by atoms with Gasteiger partial charge in [0.2, 0.25) is 5.91 Å². The molecule has 0 rings (SSSR count). The van der Waals surface area contributed by atoms with E-state index in [-0.39, 0.29) is 18.6 Å². The average Bonchev–Trinajstić information content (AvgIpc) is 2.21. The Kier molecular flexibility index (Phi) is 7.82. The molecule has 0 unspecified atom stereocenters. The van der Waals surface area contributed by atoms with Crippen molar-refractivity contribution in [2.24, 2.45) is 5.73 Å². The maximum atomic E-state index is 11.9. The predicted molar refractivity (Wildman–Crippen MR) is 64.9 cm³/mol. The van der Waals surface area contributed by atoms with Crippen molar-refractivity contribution in [1.29, 1.82) is 0 Å². The lowest BCUT2D eigenvalue weighted by molar-refractivity contribution is -0.134. The standard InChI is InChI=1S/C10H22N2O2S/c1-8(2)12(5-6-13)10(14)9(11)4-7-15-3/h8-9,13H,4-7,11H2,1-3H3/t9-/m1/s1. The molecule has 0 saturated heterocycles. The summed E-state index contributed by atoms with van der Waals surface area (Å²) in [7, 11) is 0. The molecule has 1 amide bonds. The Labute approximate surface area is 96.2 Å². The number of thioether (sulfide) groups is 1. The van der Waals surface area contributed by atoms with Crippen LogP contribution < -0.4 is 5.73 Å². The summed E-state index contributed by atoms with van der Waals surface area (Å²) in [5.74, 6) is 0.825. The summed E-state index contributed by atoms with van der Waals surface area (Å²) in [6.45, 7) is 4.20. The molecule has 0 bridgehead atoms. The van der Waals surface area contributed by atoms with E-state index in [2.05, 4.69) is 0 Å². The van der Waals surface area contributed by atoms with Gasteiger partial charge in [-0.15, -0.1) is 0 Å². The first kappa shape index (κ1) is 14.7. The van der Waals surface area contributed by atoms with Gasteiger partial charge in [0, 0.05) is 12.6 Å². The molecule has 0 radical (unpaired) electrons. The summed E-state index contributed by atoms with van der Waals surface area (Å²) in [4.78, 5) is 13.5. The number of carbonyl (C=O) groups excluding carboxylic acids is 1. The van der Waals surface area contributed by atoms with Crippen LogP contribution >= 0.6 is 11.8 Å². The number of hydrogen-bond acceptors (Lipinski definition) is 4. The predicted octanol–water partition coefficient (Wildman–Crippen LogP) is 0.296. The molecule has 0 saturated carbocycles. The van der Waals surface area contributed by atoms with Crippen molar-refractivity contribution in [1.82, 2.24) is 4.90 Å². The molecule has 0 aliphatic rings. The molecule has 5 heteroatoms. The molecule has 1 atom stereocenters. The molecule has 4 nitrogen and oxygen atoms in total. The number of hydrogen-bond donors (Lipinski definition) is 2. The molecule has 3 N–H and O–H groups in total. The first-order valence-corrected chi connectivity index (χ1v) is 6.59. The molecular weight excluding hydrogens is 212 g/mol. The van der Waals surface area contributed by atoms with Crippen molar-refractivity contribution in [3.63, 3.8) is 0 Å². The van der Waals surface area contributed by atoms with E-state index in [0.29, 0.717) is 13.0 Å². The van der Waals surface area contributed by atoms with Crippen molar-refractivity contribution < 1.29 is 9.90 Å².